The van der Waals surface area contributed by atoms with Crippen molar-refractivity contribution in [2.45, 2.75) is 70.3 Å². The topological polar surface area (TPSA) is 107 Å². The fourth-order valence-electron chi connectivity index (χ4n) is 8.43. The highest BCUT2D eigenvalue weighted by Gasteiger charge is 2.89. The summed E-state index contributed by atoms with van der Waals surface area (Å²) in [5.74, 6) is -1.89. The molecule has 35 heavy (non-hydrogen) atoms. The van der Waals surface area contributed by atoms with Gasteiger partial charge in [-0.15, -0.1) is 0 Å². The van der Waals surface area contributed by atoms with Gasteiger partial charge >= 0.3 is 17.8 Å². The highest BCUT2D eigenvalue weighted by molar-refractivity contribution is 6.01. The summed E-state index contributed by atoms with van der Waals surface area (Å²) in [5, 5.41) is 10.1. The van der Waals surface area contributed by atoms with Crippen molar-refractivity contribution in [2.75, 3.05) is 0 Å². The van der Waals surface area contributed by atoms with E-state index in [1.807, 2.05) is 13.0 Å². The van der Waals surface area contributed by atoms with Crippen LogP contribution in [0.2, 0.25) is 0 Å². The Morgan fingerprint density at radius 1 is 1.31 bits per heavy atom. The summed E-state index contributed by atoms with van der Waals surface area (Å²) >= 11 is 0. The minimum atomic E-state index is -1.37. The molecule has 0 radical (unpaired) electrons. The number of ketones is 1. The summed E-state index contributed by atoms with van der Waals surface area (Å²) in [7, 11) is 0. The van der Waals surface area contributed by atoms with Gasteiger partial charge in [-0.1, -0.05) is 18.6 Å². The van der Waals surface area contributed by atoms with Crippen LogP contribution in [0, 0.1) is 28.4 Å². The van der Waals surface area contributed by atoms with E-state index in [4.69, 9.17) is 13.9 Å². The van der Waals surface area contributed by atoms with E-state index >= 15 is 0 Å². The van der Waals surface area contributed by atoms with Gasteiger partial charge in [-0.25, -0.2) is 0 Å². The summed E-state index contributed by atoms with van der Waals surface area (Å²) in [5.41, 5.74) is -1.57. The maximum absolute atomic E-state index is 13.8. The quantitative estimate of drug-likeness (QED) is 0.399. The van der Waals surface area contributed by atoms with Crippen LogP contribution < -0.4 is 0 Å². The largest absolute Gasteiger partial charge is 0.515 e. The van der Waals surface area contributed by atoms with Crippen LogP contribution in [0.15, 0.2) is 46.3 Å². The van der Waals surface area contributed by atoms with Crippen molar-refractivity contribution in [3.63, 3.8) is 0 Å². The first-order valence-electron chi connectivity index (χ1n) is 12.0. The Morgan fingerprint density at radius 3 is 2.74 bits per heavy atom. The zero-order chi connectivity index (χ0) is 25.0. The van der Waals surface area contributed by atoms with Crippen LogP contribution in [0.25, 0.3) is 4.85 Å². The van der Waals surface area contributed by atoms with Crippen LogP contribution in [0.5, 0.6) is 0 Å². The third-order valence-electron chi connectivity index (χ3n) is 9.99. The summed E-state index contributed by atoms with van der Waals surface area (Å²) in [4.78, 5) is 43.3. The highest BCUT2D eigenvalue weighted by atomic mass is 16.6. The number of furan rings is 1. The third-order valence-corrected chi connectivity index (χ3v) is 9.99. The first-order chi connectivity index (χ1) is 16.6. The molecule has 8 nitrogen and oxygen atoms in total. The predicted molar refractivity (Wildman–Crippen MR) is 123 cm³/mol. The molecular formula is C27H28NO7+. The molecule has 9 atom stereocenters. The van der Waals surface area contributed by atoms with Crippen LogP contribution in [0.3, 0.4) is 0 Å². The molecule has 6 rings (SSSR count). The Balaban J connectivity index is 1.62. The van der Waals surface area contributed by atoms with Gasteiger partial charge in [-0.2, -0.15) is 0 Å². The number of rotatable bonds is 4. The highest BCUT2D eigenvalue weighted by Crippen LogP contribution is 2.73. The Bertz CT molecular complexity index is 1280. The molecule has 1 aromatic heterocycles. The standard InChI is InChI=1S/C27H27NO7/c1-14-16(15-6-8-33-11-15)9-17-21(14)25(3)18(10-20(31)32)26(4)19(30)5-7-24(2,12-29)27(26)23(22(25)35-17)34-13-28-27/h5-8,11-12,16-18,22-23H,9-10H2,1-4H3/p+1/t16-,17-,18?,22-,23+,24+,25-,26+,27-/m1/s1. The van der Waals surface area contributed by atoms with Crippen LogP contribution in [-0.2, 0) is 23.9 Å². The molecule has 182 valence electrons. The molecule has 3 aliphatic carbocycles. The second kappa shape index (κ2) is 6.73. The number of carbonyl (C=O) groups excluding carboxylic acids is 2. The van der Waals surface area contributed by atoms with Crippen LogP contribution in [0.4, 0.5) is 0 Å². The molecule has 2 aliphatic heterocycles. The molecule has 1 unspecified atom stereocenters. The molecule has 1 aromatic rings. The monoisotopic (exact) mass is 478 g/mol. The smallest absolute Gasteiger partial charge is 0.481 e. The van der Waals surface area contributed by atoms with Gasteiger partial charge in [0, 0.05) is 17.3 Å². The van der Waals surface area contributed by atoms with E-state index in [1.165, 1.54) is 6.08 Å². The van der Waals surface area contributed by atoms with Gasteiger partial charge in [0.15, 0.2) is 5.78 Å². The molecule has 1 N–H and O–H groups in total. The second-order valence-corrected chi connectivity index (χ2v) is 11.2. The summed E-state index contributed by atoms with van der Waals surface area (Å²) in [6, 6.07) is 1.94. The van der Waals surface area contributed by atoms with Crippen molar-refractivity contribution in [1.82, 2.24) is 0 Å². The van der Waals surface area contributed by atoms with Crippen LogP contribution in [-0.4, -0.2) is 47.0 Å². The zero-order valence-corrected chi connectivity index (χ0v) is 20.1. The average molecular weight is 479 g/mol. The maximum Gasteiger partial charge on any atom is 0.515 e. The van der Waals surface area contributed by atoms with Gasteiger partial charge in [0.25, 0.3) is 0 Å². The van der Waals surface area contributed by atoms with Crippen molar-refractivity contribution < 1.29 is 33.4 Å². The molecule has 1 saturated carbocycles. The van der Waals surface area contributed by atoms with Gasteiger partial charge in [0.1, 0.15) is 23.2 Å². The molecule has 0 aromatic carbocycles. The number of hydrogen-bond donors (Lipinski definition) is 1. The number of aldehydes is 1. The summed E-state index contributed by atoms with van der Waals surface area (Å²) in [6.07, 6.45) is 8.55. The lowest BCUT2D eigenvalue weighted by Crippen LogP contribution is -2.77. The first kappa shape index (κ1) is 22.3. The number of carbonyl (C=O) groups is 3. The number of carboxylic acids is 1. The minimum absolute atomic E-state index is 0.0750. The van der Waals surface area contributed by atoms with E-state index in [-0.39, 0.29) is 24.2 Å². The van der Waals surface area contributed by atoms with Crippen molar-refractivity contribution in [3.05, 3.63) is 52.3 Å². The zero-order valence-electron chi connectivity index (χ0n) is 20.1. The average Bonchev–Trinajstić information content (AvgIpc) is 3.59. The van der Waals surface area contributed by atoms with E-state index in [0.717, 1.165) is 23.0 Å². The fraction of sp³-hybridized carbons (Fsp3) is 0.556. The lowest BCUT2D eigenvalue weighted by Gasteiger charge is -2.59. The van der Waals surface area contributed by atoms with Crippen LogP contribution >= 0.6 is 0 Å². The van der Waals surface area contributed by atoms with Crippen molar-refractivity contribution in [1.29, 1.82) is 0 Å². The molecule has 2 fully saturated rings. The number of nitrogens with zero attached hydrogens (tertiary/aromatic N) is 1. The van der Waals surface area contributed by atoms with E-state index in [9.17, 15) is 19.5 Å². The molecule has 1 saturated heterocycles. The molecule has 0 amide bonds. The second-order valence-electron chi connectivity index (χ2n) is 11.2. The predicted octanol–water partition coefficient (Wildman–Crippen LogP) is 3.74. The summed E-state index contributed by atoms with van der Waals surface area (Å²) in [6.45, 7) is 7.54. The maximum atomic E-state index is 13.8. The van der Waals surface area contributed by atoms with Gasteiger partial charge in [0.2, 0.25) is 6.10 Å². The normalized spacial score (nSPS) is 46.7. The van der Waals surface area contributed by atoms with Gasteiger partial charge < -0.3 is 23.8 Å². The molecule has 8 heteroatoms. The number of hydrogen-bond acceptors (Lipinski definition) is 6. The lowest BCUT2D eigenvalue weighted by atomic mass is 9.38. The SMILES string of the molecule is CC1=C2[C@@H](C[C@H]1c1ccoc1)O[C@@H]1[C@@H]3OC#[N+][C@@]34[C@](C)(C=O)C=CC(=O)[C@]4(C)C(CC(=O)O)[C@]21C. The molecule has 3 heterocycles. The molecular weight excluding hydrogens is 450 g/mol. The van der Waals surface area contributed by atoms with Crippen molar-refractivity contribution in [3.8, 4) is 6.26 Å². The van der Waals surface area contributed by atoms with Crippen LogP contribution in [0.1, 0.15) is 52.0 Å². The van der Waals surface area contributed by atoms with E-state index < -0.39 is 45.9 Å². The number of ether oxygens (including phenoxy) is 2. The first-order valence-corrected chi connectivity index (χ1v) is 12.0. The Labute approximate surface area is 202 Å². The number of allylic oxidation sites excluding steroid dienone is 2. The molecule has 1 spiro atoms. The van der Waals surface area contributed by atoms with E-state index in [1.54, 1.807) is 32.4 Å². The lowest BCUT2D eigenvalue weighted by molar-refractivity contribution is -0.200. The molecule has 0 bridgehead atoms. The summed E-state index contributed by atoms with van der Waals surface area (Å²) < 4.78 is 18.0. The number of carboxylic acid groups (broad SMARTS) is 1. The van der Waals surface area contributed by atoms with Gasteiger partial charge in [-0.05, 0) is 55.3 Å². The van der Waals surface area contributed by atoms with E-state index in [2.05, 4.69) is 18.0 Å². The third kappa shape index (κ3) is 2.29. The number of aliphatic carboxylic acids is 1. The van der Waals surface area contributed by atoms with E-state index in [0.29, 0.717) is 6.42 Å². The van der Waals surface area contributed by atoms with Crippen molar-refractivity contribution in [2.24, 2.45) is 22.2 Å². The Morgan fingerprint density at radius 2 is 2.09 bits per heavy atom. The van der Waals surface area contributed by atoms with Gasteiger partial charge in [-0.3, -0.25) is 9.59 Å². The molecule has 5 aliphatic rings. The minimum Gasteiger partial charge on any atom is -0.481 e. The van der Waals surface area contributed by atoms with Crippen molar-refractivity contribution >= 4 is 18.0 Å². The Kier molecular flexibility index (Phi) is 4.29. The van der Waals surface area contributed by atoms with Gasteiger partial charge in [0.05, 0.1) is 25.1 Å². The number of fused-ring (bicyclic) bond motifs is 4. The Hall–Kier alpha value is -3.18. The fourth-order valence-corrected chi connectivity index (χ4v) is 8.43.